The number of piperidine rings is 2. The molecule has 0 aliphatic carbocycles. The first-order valence-electron chi connectivity index (χ1n) is 11.2. The van der Waals surface area contributed by atoms with Gasteiger partial charge in [-0.05, 0) is 93.2 Å². The average Bonchev–Trinajstić information content (AvgIpc) is 2.83. The molecule has 2 aliphatic rings. The molecule has 0 bridgehead atoms. The quantitative estimate of drug-likeness (QED) is 0.741. The van der Waals surface area contributed by atoms with E-state index in [0.29, 0.717) is 34.5 Å². The SMILES string of the molecule is COc1ccc(C(=O)Nc2ccc(C(=O)NC[C@H]3CCCN4CCCC[C@H]34)cc2)cc1. The number of nitrogens with one attached hydrogen (secondary N) is 2. The molecule has 2 aliphatic heterocycles. The van der Waals surface area contributed by atoms with E-state index in [9.17, 15) is 9.59 Å². The van der Waals surface area contributed by atoms with Crippen LogP contribution < -0.4 is 15.4 Å². The maximum Gasteiger partial charge on any atom is 0.255 e. The Kier molecular flexibility index (Phi) is 6.87. The lowest BCUT2D eigenvalue weighted by Crippen LogP contribution is -2.51. The van der Waals surface area contributed by atoms with Crippen molar-refractivity contribution >= 4 is 17.5 Å². The van der Waals surface area contributed by atoms with E-state index in [1.165, 1.54) is 45.2 Å². The van der Waals surface area contributed by atoms with Gasteiger partial charge in [-0.25, -0.2) is 0 Å². The fourth-order valence-corrected chi connectivity index (χ4v) is 4.79. The van der Waals surface area contributed by atoms with Gasteiger partial charge in [0.15, 0.2) is 0 Å². The number of hydrogen-bond acceptors (Lipinski definition) is 4. The highest BCUT2D eigenvalue weighted by atomic mass is 16.5. The summed E-state index contributed by atoms with van der Waals surface area (Å²) >= 11 is 0. The number of carbonyl (C=O) groups excluding carboxylic acids is 2. The van der Waals surface area contributed by atoms with Crippen LogP contribution in [-0.4, -0.2) is 49.5 Å². The lowest BCUT2D eigenvalue weighted by atomic mass is 9.83. The van der Waals surface area contributed by atoms with Crippen molar-refractivity contribution in [2.24, 2.45) is 5.92 Å². The summed E-state index contributed by atoms with van der Waals surface area (Å²) in [7, 11) is 1.59. The number of ether oxygens (including phenoxy) is 1. The molecule has 6 heteroatoms. The van der Waals surface area contributed by atoms with Crippen molar-refractivity contribution in [3.8, 4) is 5.75 Å². The molecule has 31 heavy (non-hydrogen) atoms. The van der Waals surface area contributed by atoms with Crippen LogP contribution in [0.1, 0.15) is 52.8 Å². The third-order valence-corrected chi connectivity index (χ3v) is 6.51. The van der Waals surface area contributed by atoms with E-state index in [2.05, 4.69) is 15.5 Å². The number of rotatable bonds is 6. The van der Waals surface area contributed by atoms with Gasteiger partial charge in [0.1, 0.15) is 5.75 Å². The Morgan fingerprint density at radius 3 is 2.32 bits per heavy atom. The molecule has 2 aromatic carbocycles. The summed E-state index contributed by atoms with van der Waals surface area (Å²) < 4.78 is 5.12. The number of fused-ring (bicyclic) bond motifs is 1. The number of nitrogens with zero attached hydrogens (tertiary/aromatic N) is 1. The summed E-state index contributed by atoms with van der Waals surface area (Å²) in [5, 5.41) is 5.99. The lowest BCUT2D eigenvalue weighted by molar-refractivity contribution is 0.0575. The van der Waals surface area contributed by atoms with Gasteiger partial charge in [0.05, 0.1) is 7.11 Å². The fourth-order valence-electron chi connectivity index (χ4n) is 4.79. The Balaban J connectivity index is 1.30. The number of hydrogen-bond donors (Lipinski definition) is 2. The van der Waals surface area contributed by atoms with Gasteiger partial charge in [0.2, 0.25) is 0 Å². The molecule has 2 atom stereocenters. The minimum Gasteiger partial charge on any atom is -0.497 e. The van der Waals surface area contributed by atoms with E-state index in [4.69, 9.17) is 4.74 Å². The Bertz CT molecular complexity index is 893. The molecule has 2 saturated heterocycles. The Morgan fingerprint density at radius 1 is 0.903 bits per heavy atom. The first-order valence-corrected chi connectivity index (χ1v) is 11.2. The predicted molar refractivity (Wildman–Crippen MR) is 122 cm³/mol. The average molecular weight is 422 g/mol. The molecule has 4 rings (SSSR count). The molecule has 164 valence electrons. The Morgan fingerprint density at radius 2 is 1.58 bits per heavy atom. The van der Waals surface area contributed by atoms with Crippen LogP contribution in [0.25, 0.3) is 0 Å². The van der Waals surface area contributed by atoms with Gasteiger partial charge in [0.25, 0.3) is 11.8 Å². The van der Waals surface area contributed by atoms with Crippen LogP contribution in [-0.2, 0) is 0 Å². The summed E-state index contributed by atoms with van der Waals surface area (Å²) in [6, 6.07) is 14.6. The molecular formula is C25H31N3O3. The van der Waals surface area contributed by atoms with Gasteiger partial charge in [0, 0.05) is 29.4 Å². The summed E-state index contributed by atoms with van der Waals surface area (Å²) in [6.45, 7) is 3.15. The van der Waals surface area contributed by atoms with Crippen molar-refractivity contribution in [3.63, 3.8) is 0 Å². The molecular weight excluding hydrogens is 390 g/mol. The Hall–Kier alpha value is -2.86. The molecule has 0 unspecified atom stereocenters. The fraction of sp³-hybridized carbons (Fsp3) is 0.440. The standard InChI is InChI=1S/C25H31N3O3/c1-31-22-13-9-19(10-14-22)25(30)27-21-11-7-18(8-12-21)24(29)26-17-20-5-4-16-28-15-3-2-6-23(20)28/h7-14,20,23H,2-6,15-17H2,1H3,(H,26,29)(H,27,30)/t20-,23-/m1/s1. The van der Waals surface area contributed by atoms with Crippen molar-refractivity contribution < 1.29 is 14.3 Å². The number of anilines is 1. The minimum absolute atomic E-state index is 0.0547. The monoisotopic (exact) mass is 421 g/mol. The van der Waals surface area contributed by atoms with Crippen LogP contribution in [0.5, 0.6) is 5.75 Å². The van der Waals surface area contributed by atoms with Crippen LogP contribution in [0, 0.1) is 5.92 Å². The highest BCUT2D eigenvalue weighted by Crippen LogP contribution is 2.30. The molecule has 2 heterocycles. The smallest absolute Gasteiger partial charge is 0.255 e. The second-order valence-corrected chi connectivity index (χ2v) is 8.47. The molecule has 6 nitrogen and oxygen atoms in total. The van der Waals surface area contributed by atoms with E-state index in [-0.39, 0.29) is 11.8 Å². The van der Waals surface area contributed by atoms with Gasteiger partial charge < -0.3 is 20.3 Å². The third kappa shape index (κ3) is 5.25. The molecule has 2 aromatic rings. The number of methoxy groups -OCH3 is 1. The molecule has 0 radical (unpaired) electrons. The summed E-state index contributed by atoms with van der Waals surface area (Å²) in [6.07, 6.45) is 6.27. The zero-order valence-corrected chi connectivity index (χ0v) is 18.1. The van der Waals surface area contributed by atoms with E-state index < -0.39 is 0 Å². The number of carbonyl (C=O) groups is 2. The highest BCUT2D eigenvalue weighted by molar-refractivity contribution is 6.04. The maximum atomic E-state index is 12.6. The lowest BCUT2D eigenvalue weighted by Gasteiger charge is -2.44. The topological polar surface area (TPSA) is 70.7 Å². The molecule has 2 N–H and O–H groups in total. The molecule has 0 saturated carbocycles. The maximum absolute atomic E-state index is 12.6. The number of benzene rings is 2. The van der Waals surface area contributed by atoms with Crippen molar-refractivity contribution in [1.82, 2.24) is 10.2 Å². The van der Waals surface area contributed by atoms with Crippen LogP contribution in [0.3, 0.4) is 0 Å². The van der Waals surface area contributed by atoms with Crippen molar-refractivity contribution in [2.75, 3.05) is 32.1 Å². The van der Waals surface area contributed by atoms with Gasteiger partial charge in [-0.3, -0.25) is 9.59 Å². The van der Waals surface area contributed by atoms with E-state index in [0.717, 1.165) is 6.54 Å². The van der Waals surface area contributed by atoms with Gasteiger partial charge in [-0.15, -0.1) is 0 Å². The summed E-state index contributed by atoms with van der Waals surface area (Å²) in [5.74, 6) is 0.993. The van der Waals surface area contributed by atoms with E-state index >= 15 is 0 Å². The Labute approximate surface area is 184 Å². The van der Waals surface area contributed by atoms with E-state index in [1.54, 1.807) is 55.6 Å². The van der Waals surface area contributed by atoms with Crippen LogP contribution in [0.15, 0.2) is 48.5 Å². The number of amides is 2. The predicted octanol–water partition coefficient (Wildman–Crippen LogP) is 3.94. The summed E-state index contributed by atoms with van der Waals surface area (Å²) in [5.41, 5.74) is 1.81. The minimum atomic E-state index is -0.200. The summed E-state index contributed by atoms with van der Waals surface area (Å²) in [4.78, 5) is 27.6. The second kappa shape index (κ2) is 9.96. The molecule has 2 amide bonds. The normalized spacial score (nSPS) is 21.1. The third-order valence-electron chi connectivity index (χ3n) is 6.51. The largest absolute Gasteiger partial charge is 0.497 e. The first-order chi connectivity index (χ1) is 15.1. The van der Waals surface area contributed by atoms with Crippen molar-refractivity contribution in [2.45, 2.75) is 38.1 Å². The zero-order valence-electron chi connectivity index (χ0n) is 18.1. The molecule has 0 spiro atoms. The first kappa shape index (κ1) is 21.4. The molecule has 0 aromatic heterocycles. The van der Waals surface area contributed by atoms with Gasteiger partial charge >= 0.3 is 0 Å². The zero-order chi connectivity index (χ0) is 21.6. The van der Waals surface area contributed by atoms with Crippen LogP contribution in [0.4, 0.5) is 5.69 Å². The van der Waals surface area contributed by atoms with Crippen LogP contribution >= 0.6 is 0 Å². The molecule has 2 fully saturated rings. The van der Waals surface area contributed by atoms with Crippen LogP contribution in [0.2, 0.25) is 0 Å². The van der Waals surface area contributed by atoms with Gasteiger partial charge in [-0.2, -0.15) is 0 Å². The van der Waals surface area contributed by atoms with Gasteiger partial charge in [-0.1, -0.05) is 6.42 Å². The van der Waals surface area contributed by atoms with Crippen molar-refractivity contribution in [3.05, 3.63) is 59.7 Å². The van der Waals surface area contributed by atoms with E-state index in [1.807, 2.05) is 0 Å². The highest BCUT2D eigenvalue weighted by Gasteiger charge is 2.32. The van der Waals surface area contributed by atoms with Crippen molar-refractivity contribution in [1.29, 1.82) is 0 Å². The second-order valence-electron chi connectivity index (χ2n) is 8.47.